The summed E-state index contributed by atoms with van der Waals surface area (Å²) >= 11 is 1.55. The fourth-order valence-corrected chi connectivity index (χ4v) is 3.58. The molecule has 1 fully saturated rings. The smallest absolute Gasteiger partial charge is 0.156 e. The first-order valence-corrected chi connectivity index (χ1v) is 10.1. The first-order chi connectivity index (χ1) is 12.7. The van der Waals surface area contributed by atoms with E-state index in [9.17, 15) is 8.78 Å². The summed E-state index contributed by atoms with van der Waals surface area (Å²) in [5.74, 6) is 0.348. The maximum atomic E-state index is 14.9. The van der Waals surface area contributed by atoms with Crippen molar-refractivity contribution in [1.29, 1.82) is 0 Å². The molecule has 0 saturated carbocycles. The highest BCUT2D eigenvalue weighted by Gasteiger charge is 2.27. The number of rotatable bonds is 3. The third kappa shape index (κ3) is 3.43. The lowest BCUT2D eigenvalue weighted by molar-refractivity contribution is 0.364. The number of fused-ring (bicyclic) bond motifs is 1. The van der Waals surface area contributed by atoms with E-state index in [0.29, 0.717) is 42.0 Å². The zero-order valence-electron chi connectivity index (χ0n) is 15.2. The average Bonchev–Trinajstić information content (AvgIpc) is 3.27. The predicted molar refractivity (Wildman–Crippen MR) is 106 cm³/mol. The number of hydrogen-bond acceptors (Lipinski definition) is 3. The second-order valence-electron chi connectivity index (χ2n) is 5.94. The third-order valence-corrected chi connectivity index (χ3v) is 5.11. The normalized spacial score (nSPS) is 16.7. The molecule has 1 aliphatic heterocycles. The number of nitrogens with zero attached hydrogens (tertiary/aromatic N) is 2. The fourth-order valence-electron chi connectivity index (χ4n) is 3.19. The average molecular weight is 375 g/mol. The lowest BCUT2D eigenvalue weighted by Crippen LogP contribution is -2.22. The summed E-state index contributed by atoms with van der Waals surface area (Å²) in [4.78, 5) is 10.5. The van der Waals surface area contributed by atoms with Crippen LogP contribution in [-0.2, 0) is 0 Å². The van der Waals surface area contributed by atoms with Crippen molar-refractivity contribution in [2.75, 3.05) is 24.2 Å². The fraction of sp³-hybridized carbons (Fsp3) is 0.350. The Morgan fingerprint density at radius 3 is 2.69 bits per heavy atom. The highest BCUT2D eigenvalue weighted by molar-refractivity contribution is 7.98. The van der Waals surface area contributed by atoms with Gasteiger partial charge < -0.3 is 9.88 Å². The van der Waals surface area contributed by atoms with E-state index < -0.39 is 6.17 Å². The van der Waals surface area contributed by atoms with Gasteiger partial charge in [-0.3, -0.25) is 0 Å². The molecule has 3 nitrogen and oxygen atoms in total. The minimum atomic E-state index is -0.854. The summed E-state index contributed by atoms with van der Waals surface area (Å²) in [6, 6.07) is 9.21. The van der Waals surface area contributed by atoms with Crippen molar-refractivity contribution in [1.82, 2.24) is 9.97 Å². The highest BCUT2D eigenvalue weighted by atomic mass is 32.2. The first-order valence-electron chi connectivity index (χ1n) is 8.87. The van der Waals surface area contributed by atoms with E-state index in [1.807, 2.05) is 49.3 Å². The Hall–Kier alpha value is -2.08. The van der Waals surface area contributed by atoms with Gasteiger partial charge in [-0.2, -0.15) is 0 Å². The van der Waals surface area contributed by atoms with E-state index in [0.717, 1.165) is 10.4 Å². The first kappa shape index (κ1) is 18.7. The number of thioether (sulfide) groups is 1. The summed E-state index contributed by atoms with van der Waals surface area (Å²) in [7, 11) is 0. The van der Waals surface area contributed by atoms with Gasteiger partial charge in [-0.15, -0.1) is 11.8 Å². The minimum Gasteiger partial charge on any atom is -0.353 e. The Morgan fingerprint density at radius 1 is 1.27 bits per heavy atom. The van der Waals surface area contributed by atoms with Crippen molar-refractivity contribution in [2.45, 2.75) is 31.3 Å². The van der Waals surface area contributed by atoms with Crippen LogP contribution in [0.25, 0.3) is 22.2 Å². The monoisotopic (exact) mass is 375 g/mol. The standard InChI is InChI=1S/C18H17F2N3S.C2H6/c1-24-12-8-14(18(21-9-12)23-7-6-11(19)10-23)17-16(20)13-4-2-3-5-15(13)22-17;1-2/h2-5,8-9,11,22H,6-7,10H2,1H3;1-2H3. The maximum absolute atomic E-state index is 14.9. The third-order valence-electron chi connectivity index (χ3n) is 4.42. The molecule has 3 aromatic rings. The summed E-state index contributed by atoms with van der Waals surface area (Å²) in [5, 5.41) is 0.554. The van der Waals surface area contributed by atoms with E-state index in [2.05, 4.69) is 9.97 Å². The van der Waals surface area contributed by atoms with E-state index in [-0.39, 0.29) is 5.82 Å². The van der Waals surface area contributed by atoms with Gasteiger partial charge in [-0.1, -0.05) is 26.0 Å². The molecular weight excluding hydrogens is 352 g/mol. The Labute approximate surface area is 156 Å². The molecule has 2 aromatic heterocycles. The molecule has 138 valence electrons. The topological polar surface area (TPSA) is 31.9 Å². The van der Waals surface area contributed by atoms with Crippen molar-refractivity contribution in [3.63, 3.8) is 0 Å². The van der Waals surface area contributed by atoms with Gasteiger partial charge in [-0.05, 0) is 30.9 Å². The van der Waals surface area contributed by atoms with Crippen molar-refractivity contribution < 1.29 is 8.78 Å². The molecule has 6 heteroatoms. The van der Waals surface area contributed by atoms with E-state index in [1.165, 1.54) is 0 Å². The quantitative estimate of drug-likeness (QED) is 0.599. The predicted octanol–water partition coefficient (Wildman–Crippen LogP) is 5.67. The number of halogens is 2. The molecule has 1 aromatic carbocycles. The number of anilines is 1. The van der Waals surface area contributed by atoms with Gasteiger partial charge >= 0.3 is 0 Å². The zero-order chi connectivity index (χ0) is 18.7. The van der Waals surface area contributed by atoms with E-state index >= 15 is 0 Å². The number of para-hydroxylation sites is 1. The van der Waals surface area contributed by atoms with Crippen LogP contribution in [0, 0.1) is 5.82 Å². The molecule has 1 unspecified atom stereocenters. The molecule has 3 heterocycles. The molecule has 1 N–H and O–H groups in total. The second-order valence-corrected chi connectivity index (χ2v) is 6.82. The molecule has 0 radical (unpaired) electrons. The largest absolute Gasteiger partial charge is 0.353 e. The van der Waals surface area contributed by atoms with Gasteiger partial charge in [0, 0.05) is 34.1 Å². The van der Waals surface area contributed by atoms with Gasteiger partial charge in [-0.25, -0.2) is 13.8 Å². The van der Waals surface area contributed by atoms with E-state index in [1.54, 1.807) is 24.0 Å². The summed E-state index contributed by atoms with van der Waals surface area (Å²) in [5.41, 5.74) is 1.84. The van der Waals surface area contributed by atoms with Crippen LogP contribution in [0.4, 0.5) is 14.6 Å². The van der Waals surface area contributed by atoms with Crippen LogP contribution < -0.4 is 4.90 Å². The number of pyridine rings is 1. The molecule has 0 spiro atoms. The van der Waals surface area contributed by atoms with Crippen LogP contribution in [0.2, 0.25) is 0 Å². The van der Waals surface area contributed by atoms with Gasteiger partial charge in [0.05, 0.1) is 12.2 Å². The lowest BCUT2D eigenvalue weighted by atomic mass is 10.1. The van der Waals surface area contributed by atoms with Crippen LogP contribution >= 0.6 is 11.8 Å². The van der Waals surface area contributed by atoms with Gasteiger partial charge in [0.25, 0.3) is 0 Å². The van der Waals surface area contributed by atoms with Crippen molar-refractivity contribution >= 4 is 28.5 Å². The molecule has 0 amide bonds. The minimum absolute atomic E-state index is 0.289. The maximum Gasteiger partial charge on any atom is 0.156 e. The lowest BCUT2D eigenvalue weighted by Gasteiger charge is -2.20. The Morgan fingerprint density at radius 2 is 2.04 bits per heavy atom. The molecule has 0 bridgehead atoms. The number of aromatic amines is 1. The molecule has 1 saturated heterocycles. The number of hydrogen-bond donors (Lipinski definition) is 1. The second kappa shape index (κ2) is 8.08. The zero-order valence-corrected chi connectivity index (χ0v) is 16.0. The van der Waals surface area contributed by atoms with Crippen LogP contribution in [0.15, 0.2) is 41.4 Å². The molecule has 1 atom stereocenters. The SMILES string of the molecule is CC.CSc1cnc(N2CCC(F)C2)c(-c2[nH]c3ccccc3c2F)c1. The molecular formula is C20H23F2N3S. The Kier molecular flexibility index (Phi) is 5.81. The Balaban J connectivity index is 0.000000948. The van der Waals surface area contributed by atoms with Crippen LogP contribution in [0.1, 0.15) is 20.3 Å². The molecule has 1 aliphatic rings. The van der Waals surface area contributed by atoms with Crippen molar-refractivity contribution in [2.24, 2.45) is 0 Å². The number of benzene rings is 1. The van der Waals surface area contributed by atoms with Crippen molar-refractivity contribution in [3.8, 4) is 11.3 Å². The number of nitrogens with one attached hydrogen (secondary N) is 1. The summed E-state index contributed by atoms with van der Waals surface area (Å²) < 4.78 is 28.6. The van der Waals surface area contributed by atoms with Gasteiger partial charge in [0.15, 0.2) is 5.82 Å². The molecule has 0 aliphatic carbocycles. The molecule has 4 rings (SSSR count). The summed E-state index contributed by atoms with van der Waals surface area (Å²) in [6.07, 6.45) is 3.35. The van der Waals surface area contributed by atoms with Gasteiger partial charge in [0.2, 0.25) is 0 Å². The Bertz CT molecular complexity index is 894. The summed E-state index contributed by atoms with van der Waals surface area (Å²) in [6.45, 7) is 4.90. The number of alkyl halides is 1. The van der Waals surface area contributed by atoms with Crippen molar-refractivity contribution in [3.05, 3.63) is 42.3 Å². The number of H-pyrrole nitrogens is 1. The molecule has 26 heavy (non-hydrogen) atoms. The van der Waals surface area contributed by atoms with Gasteiger partial charge in [0.1, 0.15) is 12.0 Å². The number of aromatic nitrogens is 2. The van der Waals surface area contributed by atoms with Crippen LogP contribution in [0.5, 0.6) is 0 Å². The van der Waals surface area contributed by atoms with Crippen LogP contribution in [0.3, 0.4) is 0 Å². The van der Waals surface area contributed by atoms with Crippen LogP contribution in [-0.4, -0.2) is 35.5 Å². The van der Waals surface area contributed by atoms with E-state index in [4.69, 9.17) is 0 Å². The highest BCUT2D eigenvalue weighted by Crippen LogP contribution is 2.37.